The fourth-order valence-corrected chi connectivity index (χ4v) is 0.999. The molecule has 1 aliphatic heterocycles. The second-order valence-corrected chi connectivity index (χ2v) is 2.26. The SMILES string of the molecule is Cc1ncc2c(n1)CC=N2. The lowest BCUT2D eigenvalue weighted by Gasteiger charge is -1.94. The number of hydrogen-bond acceptors (Lipinski definition) is 3. The standard InChI is InChI=1S/C7H7N3/c1-5-9-4-7-6(10-5)2-3-8-7/h3-4H,2H2,1H3. The van der Waals surface area contributed by atoms with Gasteiger partial charge in [0.1, 0.15) is 11.5 Å². The Bertz CT molecular complexity index is 291. The van der Waals surface area contributed by atoms with Gasteiger partial charge in [-0.25, -0.2) is 9.97 Å². The summed E-state index contributed by atoms with van der Waals surface area (Å²) >= 11 is 0. The Hall–Kier alpha value is -1.25. The molecule has 0 aliphatic carbocycles. The molecule has 0 aromatic carbocycles. The van der Waals surface area contributed by atoms with Crippen molar-refractivity contribution in [3.8, 4) is 0 Å². The van der Waals surface area contributed by atoms with Crippen LogP contribution in [0.5, 0.6) is 0 Å². The lowest BCUT2D eigenvalue weighted by molar-refractivity contribution is 1.01. The van der Waals surface area contributed by atoms with Gasteiger partial charge in [-0.05, 0) is 6.92 Å². The molecule has 3 heteroatoms. The Labute approximate surface area is 58.9 Å². The minimum Gasteiger partial charge on any atom is -0.257 e. The zero-order valence-corrected chi connectivity index (χ0v) is 5.70. The minimum absolute atomic E-state index is 0.823. The topological polar surface area (TPSA) is 38.1 Å². The molecule has 1 aliphatic rings. The highest BCUT2D eigenvalue weighted by Crippen LogP contribution is 2.19. The molecule has 2 heterocycles. The van der Waals surface area contributed by atoms with Crippen LogP contribution in [-0.4, -0.2) is 16.2 Å². The van der Waals surface area contributed by atoms with Crippen LogP contribution in [0.3, 0.4) is 0 Å². The van der Waals surface area contributed by atoms with Gasteiger partial charge in [-0.2, -0.15) is 0 Å². The summed E-state index contributed by atoms with van der Waals surface area (Å²) in [5.74, 6) is 0.823. The zero-order valence-electron chi connectivity index (χ0n) is 5.70. The van der Waals surface area contributed by atoms with Gasteiger partial charge in [-0.3, -0.25) is 4.99 Å². The third-order valence-electron chi connectivity index (χ3n) is 1.48. The summed E-state index contributed by atoms with van der Waals surface area (Å²) in [6.45, 7) is 1.89. The van der Waals surface area contributed by atoms with Crippen molar-refractivity contribution in [3.63, 3.8) is 0 Å². The summed E-state index contributed by atoms with van der Waals surface area (Å²) in [4.78, 5) is 12.3. The van der Waals surface area contributed by atoms with Crippen molar-refractivity contribution in [1.82, 2.24) is 9.97 Å². The fraction of sp³-hybridized carbons (Fsp3) is 0.286. The highest BCUT2D eigenvalue weighted by Gasteiger charge is 2.06. The average molecular weight is 133 g/mol. The first kappa shape index (κ1) is 5.53. The summed E-state index contributed by atoms with van der Waals surface area (Å²) < 4.78 is 0. The maximum atomic E-state index is 4.22. The number of aliphatic imine (C=N–C) groups is 1. The molecule has 0 amide bonds. The molecule has 0 radical (unpaired) electrons. The molecule has 0 saturated heterocycles. The van der Waals surface area contributed by atoms with Crippen LogP contribution in [-0.2, 0) is 6.42 Å². The quantitative estimate of drug-likeness (QED) is 0.530. The van der Waals surface area contributed by atoms with Gasteiger partial charge in [0.2, 0.25) is 0 Å². The van der Waals surface area contributed by atoms with E-state index in [1.807, 2.05) is 13.1 Å². The molecule has 0 spiro atoms. The van der Waals surface area contributed by atoms with Gasteiger partial charge >= 0.3 is 0 Å². The van der Waals surface area contributed by atoms with E-state index in [1.165, 1.54) is 0 Å². The van der Waals surface area contributed by atoms with E-state index in [0.717, 1.165) is 23.6 Å². The molecular weight excluding hydrogens is 126 g/mol. The van der Waals surface area contributed by atoms with E-state index in [9.17, 15) is 0 Å². The van der Waals surface area contributed by atoms with Gasteiger partial charge in [0, 0.05) is 12.6 Å². The molecule has 0 N–H and O–H groups in total. The molecule has 10 heavy (non-hydrogen) atoms. The second kappa shape index (κ2) is 1.87. The van der Waals surface area contributed by atoms with Crippen LogP contribution >= 0.6 is 0 Å². The Morgan fingerprint density at radius 2 is 2.40 bits per heavy atom. The number of fused-ring (bicyclic) bond motifs is 1. The maximum Gasteiger partial charge on any atom is 0.125 e. The highest BCUT2D eigenvalue weighted by atomic mass is 14.9. The first-order valence-corrected chi connectivity index (χ1v) is 3.21. The van der Waals surface area contributed by atoms with Gasteiger partial charge in [-0.1, -0.05) is 0 Å². The van der Waals surface area contributed by atoms with Crippen LogP contribution in [0.15, 0.2) is 11.2 Å². The lowest BCUT2D eigenvalue weighted by Crippen LogP contribution is -1.91. The lowest BCUT2D eigenvalue weighted by atomic mass is 10.3. The Balaban J connectivity index is 2.59. The third kappa shape index (κ3) is 0.708. The Kier molecular flexibility index (Phi) is 1.03. The maximum absolute atomic E-state index is 4.22. The second-order valence-electron chi connectivity index (χ2n) is 2.26. The molecule has 0 atom stereocenters. The van der Waals surface area contributed by atoms with Crippen molar-refractivity contribution in [2.75, 3.05) is 0 Å². The van der Waals surface area contributed by atoms with Crippen molar-refractivity contribution in [3.05, 3.63) is 17.7 Å². The van der Waals surface area contributed by atoms with Crippen LogP contribution in [0.25, 0.3) is 0 Å². The molecule has 50 valence electrons. The number of aromatic nitrogens is 2. The van der Waals surface area contributed by atoms with E-state index in [1.54, 1.807) is 6.20 Å². The average Bonchev–Trinajstić information content (AvgIpc) is 2.33. The number of rotatable bonds is 0. The van der Waals surface area contributed by atoms with Crippen LogP contribution < -0.4 is 0 Å². The van der Waals surface area contributed by atoms with E-state index >= 15 is 0 Å². The molecule has 3 nitrogen and oxygen atoms in total. The third-order valence-corrected chi connectivity index (χ3v) is 1.48. The summed E-state index contributed by atoms with van der Waals surface area (Å²) in [7, 11) is 0. The van der Waals surface area contributed by atoms with E-state index in [0.29, 0.717) is 0 Å². The molecule has 2 rings (SSSR count). The van der Waals surface area contributed by atoms with E-state index in [2.05, 4.69) is 15.0 Å². The monoisotopic (exact) mass is 133 g/mol. The van der Waals surface area contributed by atoms with Gasteiger partial charge in [0.15, 0.2) is 0 Å². The van der Waals surface area contributed by atoms with Crippen LogP contribution in [0.2, 0.25) is 0 Å². The van der Waals surface area contributed by atoms with E-state index in [-0.39, 0.29) is 0 Å². The number of aryl methyl sites for hydroxylation is 1. The largest absolute Gasteiger partial charge is 0.257 e. The van der Waals surface area contributed by atoms with Crippen LogP contribution in [0.4, 0.5) is 5.69 Å². The van der Waals surface area contributed by atoms with Crippen LogP contribution in [0, 0.1) is 6.92 Å². The van der Waals surface area contributed by atoms with Crippen LogP contribution in [0.1, 0.15) is 11.5 Å². The van der Waals surface area contributed by atoms with Crippen molar-refractivity contribution in [2.45, 2.75) is 13.3 Å². The molecule has 0 fully saturated rings. The molecular formula is C7H7N3. The predicted molar refractivity (Wildman–Crippen MR) is 38.6 cm³/mol. The van der Waals surface area contributed by atoms with E-state index in [4.69, 9.17) is 0 Å². The number of nitrogens with zero attached hydrogens (tertiary/aromatic N) is 3. The Morgan fingerprint density at radius 1 is 1.50 bits per heavy atom. The molecule has 0 unspecified atom stereocenters. The fourth-order valence-electron chi connectivity index (χ4n) is 0.999. The first-order valence-electron chi connectivity index (χ1n) is 3.21. The van der Waals surface area contributed by atoms with Gasteiger partial charge < -0.3 is 0 Å². The summed E-state index contributed by atoms with van der Waals surface area (Å²) in [6.07, 6.45) is 4.48. The van der Waals surface area contributed by atoms with E-state index < -0.39 is 0 Å². The molecule has 1 aromatic heterocycles. The summed E-state index contributed by atoms with van der Waals surface area (Å²) in [5.41, 5.74) is 1.97. The van der Waals surface area contributed by atoms with Crippen molar-refractivity contribution in [2.24, 2.45) is 4.99 Å². The normalized spacial score (nSPS) is 13.7. The van der Waals surface area contributed by atoms with Gasteiger partial charge in [0.25, 0.3) is 0 Å². The van der Waals surface area contributed by atoms with Crippen molar-refractivity contribution < 1.29 is 0 Å². The van der Waals surface area contributed by atoms with Crippen molar-refractivity contribution in [1.29, 1.82) is 0 Å². The van der Waals surface area contributed by atoms with Gasteiger partial charge in [0.05, 0.1) is 11.9 Å². The van der Waals surface area contributed by atoms with Crippen molar-refractivity contribution >= 4 is 11.9 Å². The summed E-state index contributed by atoms with van der Waals surface area (Å²) in [5, 5.41) is 0. The highest BCUT2D eigenvalue weighted by molar-refractivity contribution is 5.73. The van der Waals surface area contributed by atoms with Gasteiger partial charge in [-0.15, -0.1) is 0 Å². The minimum atomic E-state index is 0.823. The molecule has 0 saturated carbocycles. The predicted octanol–water partition coefficient (Wildman–Crippen LogP) is 1.04. The molecule has 0 bridgehead atoms. The number of hydrogen-bond donors (Lipinski definition) is 0. The smallest absolute Gasteiger partial charge is 0.125 e. The zero-order chi connectivity index (χ0) is 6.97. The molecule has 1 aromatic rings. The Morgan fingerprint density at radius 3 is 3.30 bits per heavy atom. The first-order chi connectivity index (χ1) is 4.86. The summed E-state index contributed by atoms with van der Waals surface area (Å²) in [6, 6.07) is 0.